The van der Waals surface area contributed by atoms with E-state index in [4.69, 9.17) is 17.2 Å². The Morgan fingerprint density at radius 2 is 1.57 bits per heavy atom. The van der Waals surface area contributed by atoms with E-state index in [2.05, 4.69) is 30.9 Å². The maximum absolute atomic E-state index is 13.4. The number of carboxylic acids is 1. The third kappa shape index (κ3) is 10.7. The second-order valence-corrected chi connectivity index (χ2v) is 9.71. The van der Waals surface area contributed by atoms with Gasteiger partial charge in [0.25, 0.3) is 0 Å². The first-order valence-corrected chi connectivity index (χ1v) is 12.9. The van der Waals surface area contributed by atoms with Crippen LogP contribution < -0.4 is 33.2 Å². The summed E-state index contributed by atoms with van der Waals surface area (Å²) in [5.74, 6) is -3.40. The van der Waals surface area contributed by atoms with Crippen molar-refractivity contribution in [3.63, 3.8) is 0 Å². The topological polar surface area (TPSA) is 244 Å². The zero-order valence-corrected chi connectivity index (χ0v) is 22.7. The lowest BCUT2D eigenvalue weighted by Gasteiger charge is -2.25. The summed E-state index contributed by atoms with van der Waals surface area (Å²) in [5, 5.41) is 17.6. The number of rotatable bonds is 16. The van der Waals surface area contributed by atoms with Gasteiger partial charge in [-0.3, -0.25) is 19.4 Å². The number of H-pyrrole nitrogens is 1. The molecule has 3 amide bonds. The average Bonchev–Trinajstić information content (AvgIpc) is 3.42. The zero-order chi connectivity index (χ0) is 29.7. The van der Waals surface area contributed by atoms with E-state index >= 15 is 0 Å². The first kappa shape index (κ1) is 31.8. The van der Waals surface area contributed by atoms with Crippen LogP contribution in [0.3, 0.4) is 0 Å². The number of aromatic amines is 1. The molecule has 11 N–H and O–H groups in total. The van der Waals surface area contributed by atoms with E-state index in [1.165, 1.54) is 12.5 Å². The number of carboxylic acid groups (broad SMARTS) is 1. The number of benzene rings is 1. The van der Waals surface area contributed by atoms with Gasteiger partial charge in [-0.15, -0.1) is 0 Å². The molecule has 1 heterocycles. The van der Waals surface area contributed by atoms with Crippen LogP contribution in [0.1, 0.15) is 37.9 Å². The highest BCUT2D eigenvalue weighted by molar-refractivity contribution is 5.94. The van der Waals surface area contributed by atoms with Crippen LogP contribution in [-0.4, -0.2) is 75.4 Å². The molecular weight excluding hydrogens is 518 g/mol. The minimum absolute atomic E-state index is 0.00454. The van der Waals surface area contributed by atoms with Crippen LogP contribution in [0.4, 0.5) is 0 Å². The number of nitrogens with zero attached hydrogens (tertiary/aromatic N) is 2. The third-order valence-electron chi connectivity index (χ3n) is 6.11. The van der Waals surface area contributed by atoms with Crippen LogP contribution in [0.25, 0.3) is 0 Å². The molecule has 218 valence electrons. The van der Waals surface area contributed by atoms with Gasteiger partial charge in [0.05, 0.1) is 12.4 Å². The maximum Gasteiger partial charge on any atom is 0.326 e. The minimum Gasteiger partial charge on any atom is -0.480 e. The monoisotopic (exact) mass is 557 g/mol. The lowest BCUT2D eigenvalue weighted by Crippen LogP contribution is -2.58. The minimum atomic E-state index is -1.24. The van der Waals surface area contributed by atoms with Crippen LogP contribution in [-0.2, 0) is 32.0 Å². The second kappa shape index (κ2) is 15.8. The fourth-order valence-electron chi connectivity index (χ4n) is 3.76. The van der Waals surface area contributed by atoms with Crippen molar-refractivity contribution in [2.45, 2.75) is 63.7 Å². The molecule has 4 atom stereocenters. The Morgan fingerprint density at radius 3 is 2.15 bits per heavy atom. The van der Waals surface area contributed by atoms with E-state index in [-0.39, 0.29) is 37.7 Å². The number of nitrogens with two attached hydrogens (primary N) is 3. The molecule has 1 aromatic heterocycles. The molecule has 40 heavy (non-hydrogen) atoms. The number of nitrogens with one attached hydrogen (secondary N) is 4. The molecule has 0 aliphatic rings. The Bertz CT molecular complexity index is 1130. The quantitative estimate of drug-likeness (QED) is 0.0698. The van der Waals surface area contributed by atoms with E-state index in [9.17, 15) is 24.3 Å². The maximum atomic E-state index is 13.4. The molecule has 0 spiro atoms. The van der Waals surface area contributed by atoms with Crippen molar-refractivity contribution >= 4 is 29.7 Å². The van der Waals surface area contributed by atoms with Crippen molar-refractivity contribution in [1.29, 1.82) is 0 Å². The molecule has 0 saturated heterocycles. The Hall–Kier alpha value is -4.46. The summed E-state index contributed by atoms with van der Waals surface area (Å²) in [4.78, 5) is 62.0. The van der Waals surface area contributed by atoms with Gasteiger partial charge < -0.3 is 43.2 Å². The number of amides is 3. The molecule has 0 bridgehead atoms. The Balaban J connectivity index is 2.22. The Kier molecular flexibility index (Phi) is 12.6. The normalized spacial score (nSPS) is 13.9. The number of aliphatic carboxylic acids is 1. The van der Waals surface area contributed by atoms with Gasteiger partial charge in [-0.05, 0) is 24.3 Å². The van der Waals surface area contributed by atoms with Gasteiger partial charge >= 0.3 is 5.97 Å². The van der Waals surface area contributed by atoms with Crippen LogP contribution in [0.5, 0.6) is 0 Å². The van der Waals surface area contributed by atoms with Crippen molar-refractivity contribution in [2.75, 3.05) is 6.54 Å². The van der Waals surface area contributed by atoms with Crippen molar-refractivity contribution in [3.8, 4) is 0 Å². The molecule has 0 radical (unpaired) electrons. The highest BCUT2D eigenvalue weighted by atomic mass is 16.4. The summed E-state index contributed by atoms with van der Waals surface area (Å²) in [7, 11) is 0. The largest absolute Gasteiger partial charge is 0.480 e. The van der Waals surface area contributed by atoms with Crippen molar-refractivity contribution in [1.82, 2.24) is 25.9 Å². The molecular formula is C26H39N9O5. The lowest BCUT2D eigenvalue weighted by atomic mass is 10.0. The van der Waals surface area contributed by atoms with Gasteiger partial charge in [0.15, 0.2) is 5.96 Å². The molecule has 1 aromatic carbocycles. The number of aromatic nitrogens is 2. The number of guanidine groups is 1. The number of carbonyl (C=O) groups is 4. The number of hydrogen-bond donors (Lipinski definition) is 8. The van der Waals surface area contributed by atoms with E-state index in [0.29, 0.717) is 12.1 Å². The van der Waals surface area contributed by atoms with Gasteiger partial charge in [0.2, 0.25) is 17.7 Å². The number of carbonyl (C=O) groups excluding carboxylic acids is 3. The average molecular weight is 558 g/mol. The van der Waals surface area contributed by atoms with Crippen LogP contribution in [0.15, 0.2) is 47.8 Å². The van der Waals surface area contributed by atoms with Gasteiger partial charge in [0.1, 0.15) is 18.1 Å². The molecule has 2 aromatic rings. The molecule has 4 unspecified atom stereocenters. The molecule has 2 rings (SSSR count). The van der Waals surface area contributed by atoms with Crippen molar-refractivity contribution in [3.05, 3.63) is 54.1 Å². The van der Waals surface area contributed by atoms with E-state index in [1.54, 1.807) is 44.2 Å². The summed E-state index contributed by atoms with van der Waals surface area (Å²) >= 11 is 0. The molecule has 0 aliphatic carbocycles. The van der Waals surface area contributed by atoms with Gasteiger partial charge in [-0.1, -0.05) is 44.2 Å². The number of imidazole rings is 1. The van der Waals surface area contributed by atoms with Gasteiger partial charge in [0, 0.05) is 31.3 Å². The smallest absolute Gasteiger partial charge is 0.326 e. The van der Waals surface area contributed by atoms with Crippen LogP contribution in [0.2, 0.25) is 0 Å². The summed E-state index contributed by atoms with van der Waals surface area (Å²) in [6.45, 7) is 3.77. The molecule has 14 heteroatoms. The van der Waals surface area contributed by atoms with Crippen molar-refractivity contribution in [2.24, 2.45) is 28.1 Å². The fourth-order valence-corrected chi connectivity index (χ4v) is 3.76. The Morgan fingerprint density at radius 1 is 0.950 bits per heavy atom. The van der Waals surface area contributed by atoms with Gasteiger partial charge in [-0.2, -0.15) is 0 Å². The second-order valence-electron chi connectivity index (χ2n) is 9.71. The molecule has 0 fully saturated rings. The number of hydrogen-bond acceptors (Lipinski definition) is 7. The highest BCUT2D eigenvalue weighted by Crippen LogP contribution is 2.08. The van der Waals surface area contributed by atoms with Gasteiger partial charge in [-0.25, -0.2) is 9.78 Å². The SMILES string of the molecule is CC(C)C(N)C(=O)NC(CCCN=C(N)N)C(=O)NC(Cc1cnc[nH]1)C(=O)NC(Cc1ccccc1)C(=O)O. The summed E-state index contributed by atoms with van der Waals surface area (Å²) in [6.07, 6.45) is 3.45. The van der Waals surface area contributed by atoms with E-state index in [1.807, 2.05) is 0 Å². The van der Waals surface area contributed by atoms with E-state index in [0.717, 1.165) is 5.56 Å². The predicted molar refractivity (Wildman–Crippen MR) is 149 cm³/mol. The Labute approximate surface area is 232 Å². The summed E-state index contributed by atoms with van der Waals surface area (Å²) in [6, 6.07) is 4.52. The standard InChI is InChI=1S/C26H39N9O5/c1-15(2)21(27)24(38)33-18(9-6-10-31-26(28)29)22(36)34-19(12-17-13-30-14-32-17)23(37)35-20(25(39)40)11-16-7-4-3-5-8-16/h3-5,7-8,13-15,18-21H,6,9-12,27H2,1-2H3,(H,30,32)(H,33,38)(H,34,36)(H,35,37)(H,39,40)(H4,28,29,31). The highest BCUT2D eigenvalue weighted by Gasteiger charge is 2.31. The third-order valence-corrected chi connectivity index (χ3v) is 6.11. The predicted octanol–water partition coefficient (Wildman–Crippen LogP) is -1.23. The van der Waals surface area contributed by atoms with Crippen LogP contribution >= 0.6 is 0 Å². The number of aliphatic imine (C=N–C) groups is 1. The summed E-state index contributed by atoms with van der Waals surface area (Å²) < 4.78 is 0. The molecule has 0 saturated carbocycles. The first-order valence-electron chi connectivity index (χ1n) is 12.9. The first-order chi connectivity index (χ1) is 19.0. The molecule has 0 aliphatic heterocycles. The van der Waals surface area contributed by atoms with E-state index < -0.39 is 47.9 Å². The zero-order valence-electron chi connectivity index (χ0n) is 22.7. The fraction of sp³-hybridized carbons (Fsp3) is 0.462. The lowest BCUT2D eigenvalue weighted by molar-refractivity contribution is -0.142. The van der Waals surface area contributed by atoms with Crippen molar-refractivity contribution < 1.29 is 24.3 Å². The molecule has 14 nitrogen and oxygen atoms in total. The van der Waals surface area contributed by atoms with Crippen LogP contribution in [0, 0.1) is 5.92 Å². The summed E-state index contributed by atoms with van der Waals surface area (Å²) in [5.41, 5.74) is 17.9.